The molecule has 1 unspecified atom stereocenters. The Bertz CT molecular complexity index is 323. The lowest BCUT2D eigenvalue weighted by molar-refractivity contribution is 0.686. The Balaban J connectivity index is 3.02. The lowest BCUT2D eigenvalue weighted by Gasteiger charge is -2.14. The second-order valence-corrected chi connectivity index (χ2v) is 4.42. The second-order valence-electron chi connectivity index (χ2n) is 3.60. The van der Waals surface area contributed by atoms with Crippen LogP contribution in [0.3, 0.4) is 0 Å². The smallest absolute Gasteiger partial charge is 0.0595 e. The van der Waals surface area contributed by atoms with Gasteiger partial charge in [0.1, 0.15) is 0 Å². The van der Waals surface area contributed by atoms with Crippen LogP contribution >= 0.6 is 23.2 Å². The van der Waals surface area contributed by atoms with Crippen LogP contribution in [0.5, 0.6) is 0 Å². The van der Waals surface area contributed by atoms with Gasteiger partial charge in [0, 0.05) is 0 Å². The summed E-state index contributed by atoms with van der Waals surface area (Å²) in [4.78, 5) is 0. The van der Waals surface area contributed by atoms with Gasteiger partial charge in [0.2, 0.25) is 0 Å². The van der Waals surface area contributed by atoms with Gasteiger partial charge in [0.15, 0.2) is 0 Å². The van der Waals surface area contributed by atoms with Gasteiger partial charge in [0.05, 0.1) is 10.0 Å². The SMILES string of the molecule is Cc1cc(Cl)c(Cl)cc1C(C)CCN. The maximum absolute atomic E-state index is 5.97. The van der Waals surface area contributed by atoms with Crippen LogP contribution < -0.4 is 5.73 Å². The summed E-state index contributed by atoms with van der Waals surface area (Å²) >= 11 is 11.9. The number of halogens is 2. The van der Waals surface area contributed by atoms with Crippen LogP contribution in [-0.4, -0.2) is 6.54 Å². The Hall–Kier alpha value is -0.240. The Kier molecular flexibility index (Phi) is 4.24. The maximum Gasteiger partial charge on any atom is 0.0595 e. The van der Waals surface area contributed by atoms with E-state index in [0.29, 0.717) is 22.5 Å². The first-order valence-corrected chi connectivity index (χ1v) is 5.47. The van der Waals surface area contributed by atoms with Gasteiger partial charge < -0.3 is 5.73 Å². The molecule has 2 N–H and O–H groups in total. The largest absolute Gasteiger partial charge is 0.330 e. The van der Waals surface area contributed by atoms with Crippen LogP contribution in [0.1, 0.15) is 30.4 Å². The van der Waals surface area contributed by atoms with E-state index >= 15 is 0 Å². The number of hydrogen-bond acceptors (Lipinski definition) is 1. The summed E-state index contributed by atoms with van der Waals surface area (Å²) in [6, 6.07) is 3.85. The molecule has 1 aromatic rings. The van der Waals surface area contributed by atoms with Gasteiger partial charge in [-0.25, -0.2) is 0 Å². The van der Waals surface area contributed by atoms with E-state index in [1.54, 1.807) is 0 Å². The summed E-state index contributed by atoms with van der Waals surface area (Å²) in [5.41, 5.74) is 7.95. The zero-order chi connectivity index (χ0) is 10.7. The number of rotatable bonds is 3. The van der Waals surface area contributed by atoms with E-state index in [2.05, 4.69) is 6.92 Å². The average Bonchev–Trinajstić information content (AvgIpc) is 2.11. The lowest BCUT2D eigenvalue weighted by Crippen LogP contribution is -2.05. The van der Waals surface area contributed by atoms with Gasteiger partial charge in [-0.2, -0.15) is 0 Å². The molecule has 14 heavy (non-hydrogen) atoms. The second kappa shape index (κ2) is 5.01. The highest BCUT2D eigenvalue weighted by Crippen LogP contribution is 2.30. The van der Waals surface area contributed by atoms with Crippen molar-refractivity contribution in [2.24, 2.45) is 5.73 Å². The fraction of sp³-hybridized carbons (Fsp3) is 0.455. The summed E-state index contributed by atoms with van der Waals surface area (Å²) in [6.45, 7) is 4.89. The predicted octanol–water partition coefficient (Wildman–Crippen LogP) is 3.75. The molecule has 1 nitrogen and oxygen atoms in total. The first kappa shape index (κ1) is 11.8. The summed E-state index contributed by atoms with van der Waals surface area (Å²) in [5.74, 6) is 0.440. The van der Waals surface area contributed by atoms with Crippen LogP contribution in [0.15, 0.2) is 12.1 Å². The molecular formula is C11H15Cl2N. The van der Waals surface area contributed by atoms with Crippen LogP contribution in [0.2, 0.25) is 10.0 Å². The number of nitrogens with two attached hydrogens (primary N) is 1. The minimum absolute atomic E-state index is 0.440. The first-order chi connectivity index (χ1) is 6.56. The molecule has 0 saturated heterocycles. The monoisotopic (exact) mass is 231 g/mol. The number of benzene rings is 1. The molecule has 0 heterocycles. The fourth-order valence-electron chi connectivity index (χ4n) is 1.60. The topological polar surface area (TPSA) is 26.0 Å². The van der Waals surface area contributed by atoms with E-state index < -0.39 is 0 Å². The quantitative estimate of drug-likeness (QED) is 0.843. The van der Waals surface area contributed by atoms with Gasteiger partial charge in [-0.3, -0.25) is 0 Å². The van der Waals surface area contributed by atoms with Crippen LogP contribution in [-0.2, 0) is 0 Å². The van der Waals surface area contributed by atoms with Crippen molar-refractivity contribution in [3.05, 3.63) is 33.3 Å². The molecule has 0 fully saturated rings. The third-order valence-corrected chi connectivity index (χ3v) is 3.16. The summed E-state index contributed by atoms with van der Waals surface area (Å²) < 4.78 is 0. The zero-order valence-electron chi connectivity index (χ0n) is 8.48. The third kappa shape index (κ3) is 2.63. The van der Waals surface area contributed by atoms with Crippen molar-refractivity contribution in [3.63, 3.8) is 0 Å². The minimum atomic E-state index is 0.440. The van der Waals surface area contributed by atoms with E-state index in [0.717, 1.165) is 6.42 Å². The van der Waals surface area contributed by atoms with E-state index in [1.165, 1.54) is 11.1 Å². The molecular weight excluding hydrogens is 217 g/mol. The molecule has 0 aliphatic heterocycles. The van der Waals surface area contributed by atoms with Gasteiger partial charge in [-0.05, 0) is 49.1 Å². The standard InChI is InChI=1S/C11H15Cl2N/c1-7(3-4-14)9-6-11(13)10(12)5-8(9)2/h5-7H,3-4,14H2,1-2H3. The van der Waals surface area contributed by atoms with Crippen LogP contribution in [0.4, 0.5) is 0 Å². The highest BCUT2D eigenvalue weighted by molar-refractivity contribution is 6.42. The van der Waals surface area contributed by atoms with Crippen molar-refractivity contribution >= 4 is 23.2 Å². The highest BCUT2D eigenvalue weighted by atomic mass is 35.5. The molecule has 0 amide bonds. The molecule has 1 aromatic carbocycles. The minimum Gasteiger partial charge on any atom is -0.330 e. The van der Waals surface area contributed by atoms with E-state index in [-0.39, 0.29) is 0 Å². The summed E-state index contributed by atoms with van der Waals surface area (Å²) in [6.07, 6.45) is 0.971. The molecule has 0 aromatic heterocycles. The lowest BCUT2D eigenvalue weighted by atomic mass is 9.94. The van der Waals surface area contributed by atoms with Crippen molar-refractivity contribution in [2.45, 2.75) is 26.2 Å². The highest BCUT2D eigenvalue weighted by Gasteiger charge is 2.10. The van der Waals surface area contributed by atoms with E-state index in [9.17, 15) is 0 Å². The van der Waals surface area contributed by atoms with Gasteiger partial charge in [-0.1, -0.05) is 30.1 Å². The summed E-state index contributed by atoms with van der Waals surface area (Å²) in [7, 11) is 0. The Morgan fingerprint density at radius 2 is 1.86 bits per heavy atom. The molecule has 0 spiro atoms. The maximum atomic E-state index is 5.97. The fourth-order valence-corrected chi connectivity index (χ4v) is 1.99. The number of aryl methyl sites for hydroxylation is 1. The Labute approximate surface area is 95.2 Å². The molecule has 0 radical (unpaired) electrons. The predicted molar refractivity (Wildman–Crippen MR) is 63.3 cm³/mol. The molecule has 0 bridgehead atoms. The molecule has 0 saturated carbocycles. The van der Waals surface area contributed by atoms with Gasteiger partial charge >= 0.3 is 0 Å². The average molecular weight is 232 g/mol. The Morgan fingerprint density at radius 1 is 1.29 bits per heavy atom. The van der Waals surface area contributed by atoms with Gasteiger partial charge in [0.25, 0.3) is 0 Å². The molecule has 1 rings (SSSR count). The first-order valence-electron chi connectivity index (χ1n) is 4.72. The molecule has 78 valence electrons. The molecule has 1 atom stereocenters. The van der Waals surface area contributed by atoms with Crippen molar-refractivity contribution in [1.82, 2.24) is 0 Å². The molecule has 3 heteroatoms. The summed E-state index contributed by atoms with van der Waals surface area (Å²) in [5, 5.41) is 1.24. The van der Waals surface area contributed by atoms with E-state index in [1.807, 2.05) is 19.1 Å². The zero-order valence-corrected chi connectivity index (χ0v) is 9.99. The van der Waals surface area contributed by atoms with Crippen molar-refractivity contribution in [1.29, 1.82) is 0 Å². The third-order valence-electron chi connectivity index (χ3n) is 2.44. The van der Waals surface area contributed by atoms with Crippen LogP contribution in [0, 0.1) is 6.92 Å². The normalized spacial score (nSPS) is 12.9. The van der Waals surface area contributed by atoms with Crippen molar-refractivity contribution < 1.29 is 0 Å². The molecule has 0 aliphatic rings. The number of hydrogen-bond donors (Lipinski definition) is 1. The van der Waals surface area contributed by atoms with E-state index in [4.69, 9.17) is 28.9 Å². The van der Waals surface area contributed by atoms with Crippen molar-refractivity contribution in [2.75, 3.05) is 6.54 Å². The Morgan fingerprint density at radius 3 is 2.43 bits per heavy atom. The molecule has 0 aliphatic carbocycles. The van der Waals surface area contributed by atoms with Crippen molar-refractivity contribution in [3.8, 4) is 0 Å². The van der Waals surface area contributed by atoms with Gasteiger partial charge in [-0.15, -0.1) is 0 Å². The van der Waals surface area contributed by atoms with Crippen LogP contribution in [0.25, 0.3) is 0 Å².